The first-order chi connectivity index (χ1) is 9.88. The van der Waals surface area contributed by atoms with Gasteiger partial charge in [-0.05, 0) is 36.6 Å². The second kappa shape index (κ2) is 6.15. The van der Waals surface area contributed by atoms with Gasteiger partial charge >= 0.3 is 5.97 Å². The molecular formula is C15H18O6. The Labute approximate surface area is 121 Å². The molecule has 0 bridgehead atoms. The lowest BCUT2D eigenvalue weighted by Crippen LogP contribution is -2.41. The predicted molar refractivity (Wildman–Crippen MR) is 74.3 cm³/mol. The lowest BCUT2D eigenvalue weighted by atomic mass is 9.92. The van der Waals surface area contributed by atoms with E-state index >= 15 is 0 Å². The number of rotatable bonds is 3. The molecule has 1 aliphatic carbocycles. The minimum absolute atomic E-state index is 0.00653. The Bertz CT molecular complexity index is 553. The van der Waals surface area contributed by atoms with Gasteiger partial charge in [-0.3, -0.25) is 0 Å². The van der Waals surface area contributed by atoms with Crippen LogP contribution in [0.3, 0.4) is 0 Å². The van der Waals surface area contributed by atoms with Crippen LogP contribution in [0.15, 0.2) is 24.3 Å². The zero-order valence-electron chi connectivity index (χ0n) is 11.4. The standard InChI is InChI=1S/C15H18O6/c16-11-2-1-7-15(20,9-11)21-14(19)6-4-10-3-5-12(17)13(18)8-10/h3-6,8,11,16-18,20H,1-2,7,9H2/t11-,15+/m0/s1. The highest BCUT2D eigenvalue weighted by Gasteiger charge is 2.36. The third kappa shape index (κ3) is 4.21. The van der Waals surface area contributed by atoms with E-state index in [0.29, 0.717) is 24.8 Å². The number of carbonyl (C=O) groups is 1. The number of hydrogen-bond donors (Lipinski definition) is 4. The summed E-state index contributed by atoms with van der Waals surface area (Å²) in [6.45, 7) is 0. The van der Waals surface area contributed by atoms with Crippen molar-refractivity contribution in [3.63, 3.8) is 0 Å². The minimum atomic E-state index is -1.63. The van der Waals surface area contributed by atoms with Gasteiger partial charge in [0.1, 0.15) is 0 Å². The molecule has 0 radical (unpaired) electrons. The van der Waals surface area contributed by atoms with E-state index in [4.69, 9.17) is 4.74 Å². The summed E-state index contributed by atoms with van der Waals surface area (Å²) in [6, 6.07) is 4.10. The maximum absolute atomic E-state index is 11.7. The SMILES string of the molecule is O=C(C=Cc1ccc(O)c(O)c1)O[C@]1(O)CCC[C@H](O)C1. The van der Waals surface area contributed by atoms with Crippen molar-refractivity contribution >= 4 is 12.0 Å². The number of benzene rings is 1. The Hall–Kier alpha value is -2.05. The minimum Gasteiger partial charge on any atom is -0.504 e. The summed E-state index contributed by atoms with van der Waals surface area (Å²) in [5.41, 5.74) is 0.498. The zero-order valence-corrected chi connectivity index (χ0v) is 11.4. The van der Waals surface area contributed by atoms with E-state index in [-0.39, 0.29) is 17.9 Å². The van der Waals surface area contributed by atoms with E-state index in [1.165, 1.54) is 24.3 Å². The summed E-state index contributed by atoms with van der Waals surface area (Å²) in [5, 5.41) is 38.1. The van der Waals surface area contributed by atoms with Crippen LogP contribution in [0.2, 0.25) is 0 Å². The van der Waals surface area contributed by atoms with E-state index < -0.39 is 17.9 Å². The van der Waals surface area contributed by atoms with Crippen LogP contribution in [0, 0.1) is 0 Å². The van der Waals surface area contributed by atoms with Crippen LogP contribution in [-0.2, 0) is 9.53 Å². The normalized spacial score (nSPS) is 25.9. The summed E-state index contributed by atoms with van der Waals surface area (Å²) >= 11 is 0. The van der Waals surface area contributed by atoms with Gasteiger partial charge in [0.25, 0.3) is 0 Å². The molecule has 4 N–H and O–H groups in total. The molecule has 2 atom stereocenters. The van der Waals surface area contributed by atoms with Crippen LogP contribution < -0.4 is 0 Å². The highest BCUT2D eigenvalue weighted by Crippen LogP contribution is 2.30. The molecule has 6 nitrogen and oxygen atoms in total. The summed E-state index contributed by atoms with van der Waals surface area (Å²) in [4.78, 5) is 11.7. The fraction of sp³-hybridized carbons (Fsp3) is 0.400. The smallest absolute Gasteiger partial charge is 0.333 e. The fourth-order valence-electron chi connectivity index (χ4n) is 2.31. The molecular weight excluding hydrogens is 276 g/mol. The van der Waals surface area contributed by atoms with Crippen LogP contribution in [0.1, 0.15) is 31.2 Å². The molecule has 0 heterocycles. The third-order valence-electron chi connectivity index (χ3n) is 3.36. The number of carbonyl (C=O) groups excluding carboxylic acids is 1. The molecule has 2 rings (SSSR count). The van der Waals surface area contributed by atoms with Gasteiger partial charge in [-0.25, -0.2) is 4.79 Å². The largest absolute Gasteiger partial charge is 0.504 e. The molecule has 114 valence electrons. The average molecular weight is 294 g/mol. The highest BCUT2D eigenvalue weighted by atomic mass is 16.7. The number of phenols is 2. The number of esters is 1. The van der Waals surface area contributed by atoms with Gasteiger partial charge in [-0.1, -0.05) is 6.07 Å². The maximum Gasteiger partial charge on any atom is 0.333 e. The van der Waals surface area contributed by atoms with Gasteiger partial charge in [0.05, 0.1) is 6.10 Å². The number of aliphatic hydroxyl groups is 2. The third-order valence-corrected chi connectivity index (χ3v) is 3.36. The average Bonchev–Trinajstić information content (AvgIpc) is 2.39. The Kier molecular flexibility index (Phi) is 4.50. The predicted octanol–water partition coefficient (Wildman–Crippen LogP) is 1.28. The van der Waals surface area contributed by atoms with Gasteiger partial charge in [-0.15, -0.1) is 0 Å². The summed E-state index contributed by atoms with van der Waals surface area (Å²) in [5.74, 6) is -2.91. The van der Waals surface area contributed by atoms with Crippen molar-refractivity contribution in [2.75, 3.05) is 0 Å². The molecule has 1 aliphatic rings. The van der Waals surface area contributed by atoms with Crippen LogP contribution in [0.4, 0.5) is 0 Å². The molecule has 0 spiro atoms. The molecule has 1 aromatic rings. The van der Waals surface area contributed by atoms with Gasteiger partial charge in [0.15, 0.2) is 11.5 Å². The van der Waals surface area contributed by atoms with Crippen molar-refractivity contribution in [3.8, 4) is 11.5 Å². The van der Waals surface area contributed by atoms with Crippen LogP contribution >= 0.6 is 0 Å². The van der Waals surface area contributed by atoms with Gasteiger partial charge in [-0.2, -0.15) is 0 Å². The Balaban J connectivity index is 1.97. The molecule has 1 aromatic carbocycles. The molecule has 0 unspecified atom stereocenters. The number of phenolic OH excluding ortho intramolecular Hbond substituents is 2. The molecule has 6 heteroatoms. The Morgan fingerprint density at radius 3 is 2.76 bits per heavy atom. The number of aliphatic hydroxyl groups excluding tert-OH is 1. The quantitative estimate of drug-likeness (QED) is 0.289. The summed E-state index contributed by atoms with van der Waals surface area (Å²) < 4.78 is 4.98. The lowest BCUT2D eigenvalue weighted by Gasteiger charge is -2.33. The molecule has 0 aromatic heterocycles. The zero-order chi connectivity index (χ0) is 15.5. The first-order valence-electron chi connectivity index (χ1n) is 6.71. The summed E-state index contributed by atoms with van der Waals surface area (Å²) in [6.07, 6.45) is 3.31. The van der Waals surface area contributed by atoms with Crippen molar-refractivity contribution in [3.05, 3.63) is 29.8 Å². The Morgan fingerprint density at radius 1 is 1.33 bits per heavy atom. The number of hydrogen-bond acceptors (Lipinski definition) is 6. The topological polar surface area (TPSA) is 107 Å². The second-order valence-corrected chi connectivity index (χ2v) is 5.20. The summed E-state index contributed by atoms with van der Waals surface area (Å²) in [7, 11) is 0. The second-order valence-electron chi connectivity index (χ2n) is 5.20. The van der Waals surface area contributed by atoms with Gasteiger partial charge < -0.3 is 25.2 Å². The van der Waals surface area contributed by atoms with Crippen molar-refractivity contribution in [2.45, 2.75) is 37.6 Å². The van der Waals surface area contributed by atoms with Crippen LogP contribution in [0.25, 0.3) is 6.08 Å². The first kappa shape index (κ1) is 15.3. The van der Waals surface area contributed by atoms with Crippen molar-refractivity contribution in [1.29, 1.82) is 0 Å². The fourth-order valence-corrected chi connectivity index (χ4v) is 2.31. The molecule has 0 saturated heterocycles. The van der Waals surface area contributed by atoms with Crippen molar-refractivity contribution < 1.29 is 30.0 Å². The van der Waals surface area contributed by atoms with E-state index in [0.717, 1.165) is 6.08 Å². The monoisotopic (exact) mass is 294 g/mol. The number of aromatic hydroxyl groups is 2. The molecule has 1 saturated carbocycles. The van der Waals surface area contributed by atoms with Gasteiger partial charge in [0.2, 0.25) is 5.79 Å². The maximum atomic E-state index is 11.7. The Morgan fingerprint density at radius 2 is 2.10 bits per heavy atom. The van der Waals surface area contributed by atoms with Crippen molar-refractivity contribution in [2.24, 2.45) is 0 Å². The highest BCUT2D eigenvalue weighted by molar-refractivity contribution is 5.87. The first-order valence-corrected chi connectivity index (χ1v) is 6.71. The molecule has 0 amide bonds. The van der Waals surface area contributed by atoms with Crippen LogP contribution in [-0.4, -0.2) is 38.3 Å². The van der Waals surface area contributed by atoms with E-state index in [1.54, 1.807) is 0 Å². The van der Waals surface area contributed by atoms with E-state index in [2.05, 4.69) is 0 Å². The van der Waals surface area contributed by atoms with E-state index in [9.17, 15) is 25.2 Å². The number of ether oxygens (including phenoxy) is 1. The van der Waals surface area contributed by atoms with Crippen LogP contribution in [0.5, 0.6) is 11.5 Å². The lowest BCUT2D eigenvalue weighted by molar-refractivity contribution is -0.225. The molecule has 1 fully saturated rings. The molecule has 21 heavy (non-hydrogen) atoms. The molecule has 0 aliphatic heterocycles. The van der Waals surface area contributed by atoms with Crippen molar-refractivity contribution in [1.82, 2.24) is 0 Å². The van der Waals surface area contributed by atoms with Gasteiger partial charge in [0, 0.05) is 18.9 Å². The van der Waals surface area contributed by atoms with E-state index in [1.807, 2.05) is 0 Å².